The Bertz CT molecular complexity index is 1600. The zero-order valence-corrected chi connectivity index (χ0v) is 24.2. The number of nitrogens with zero attached hydrogens (tertiary/aromatic N) is 3. The Morgan fingerprint density at radius 2 is 1.43 bits per heavy atom. The molecule has 0 amide bonds. The fourth-order valence-electron chi connectivity index (χ4n) is 5.27. The molecule has 0 saturated heterocycles. The summed E-state index contributed by atoms with van der Waals surface area (Å²) in [7, 11) is 1.32. The van der Waals surface area contributed by atoms with Crippen LogP contribution in [0.5, 0.6) is 5.75 Å². The van der Waals surface area contributed by atoms with Crippen LogP contribution in [0.1, 0.15) is 46.9 Å². The molecule has 1 aromatic heterocycles. The highest BCUT2D eigenvalue weighted by molar-refractivity contribution is 5.92. The number of ether oxygens (including phenoxy) is 1. The van der Waals surface area contributed by atoms with E-state index < -0.39 is 5.97 Å². The number of hydrogen-bond acceptors (Lipinski definition) is 5. The number of aromatic hydroxyl groups is 1. The molecule has 0 bridgehead atoms. The first-order chi connectivity index (χ1) is 20.6. The van der Waals surface area contributed by atoms with Crippen molar-refractivity contribution < 1.29 is 14.6 Å². The molecule has 0 unspecified atom stereocenters. The van der Waals surface area contributed by atoms with E-state index in [1.54, 1.807) is 12.1 Å². The summed E-state index contributed by atoms with van der Waals surface area (Å²) in [6, 6.07) is 36.3. The Morgan fingerprint density at radius 1 is 0.810 bits per heavy atom. The molecule has 0 atom stereocenters. The SMILES string of the molecule is CCCCn1c(-c2ccccc2)nc(-c2ccccc2)c1CN(Cc1ccccc1)Cc1ccc(O)c(C(=O)OC)c1. The monoisotopic (exact) mass is 559 g/mol. The van der Waals surface area contributed by atoms with E-state index in [2.05, 4.69) is 89.2 Å². The van der Waals surface area contributed by atoms with Gasteiger partial charge in [0.15, 0.2) is 0 Å². The van der Waals surface area contributed by atoms with Crippen LogP contribution in [0.4, 0.5) is 0 Å². The largest absolute Gasteiger partial charge is 0.507 e. The van der Waals surface area contributed by atoms with E-state index in [4.69, 9.17) is 9.72 Å². The molecule has 6 nitrogen and oxygen atoms in total. The van der Waals surface area contributed by atoms with Gasteiger partial charge in [-0.2, -0.15) is 0 Å². The molecule has 0 aliphatic carbocycles. The quantitative estimate of drug-likeness (QED) is 0.159. The van der Waals surface area contributed by atoms with Gasteiger partial charge in [0.1, 0.15) is 17.1 Å². The Balaban J connectivity index is 1.61. The third-order valence-corrected chi connectivity index (χ3v) is 7.38. The first kappa shape index (κ1) is 28.8. The van der Waals surface area contributed by atoms with Gasteiger partial charge in [0.05, 0.1) is 18.5 Å². The van der Waals surface area contributed by atoms with Crippen LogP contribution in [0.3, 0.4) is 0 Å². The minimum Gasteiger partial charge on any atom is -0.507 e. The third-order valence-electron chi connectivity index (χ3n) is 7.38. The van der Waals surface area contributed by atoms with E-state index in [0.29, 0.717) is 19.6 Å². The molecule has 0 aliphatic heterocycles. The number of rotatable bonds is 12. The normalized spacial score (nSPS) is 11.1. The van der Waals surface area contributed by atoms with Gasteiger partial charge in [-0.1, -0.05) is 110 Å². The fourth-order valence-corrected chi connectivity index (χ4v) is 5.27. The molecule has 5 aromatic rings. The Morgan fingerprint density at radius 3 is 2.07 bits per heavy atom. The number of aromatic nitrogens is 2. The van der Waals surface area contributed by atoms with Crippen LogP contribution in [-0.4, -0.2) is 32.6 Å². The summed E-state index contributed by atoms with van der Waals surface area (Å²) < 4.78 is 7.29. The zero-order chi connectivity index (χ0) is 29.3. The van der Waals surface area contributed by atoms with Crippen molar-refractivity contribution in [3.63, 3.8) is 0 Å². The van der Waals surface area contributed by atoms with Crippen molar-refractivity contribution in [3.8, 4) is 28.4 Å². The van der Waals surface area contributed by atoms with Crippen LogP contribution in [-0.2, 0) is 30.9 Å². The topological polar surface area (TPSA) is 67.6 Å². The van der Waals surface area contributed by atoms with Crippen LogP contribution in [0.15, 0.2) is 109 Å². The third kappa shape index (κ3) is 6.78. The summed E-state index contributed by atoms with van der Waals surface area (Å²) in [6.45, 7) is 4.97. The molecule has 1 N–H and O–H groups in total. The van der Waals surface area contributed by atoms with E-state index in [9.17, 15) is 9.90 Å². The standard InChI is InChI=1S/C36H37N3O3/c1-3-4-22-39-32(34(29-16-10-6-11-17-29)37-35(39)30-18-12-7-13-19-30)26-38(24-27-14-8-5-9-15-27)25-28-20-21-33(40)31(23-28)36(41)42-2/h5-21,23,40H,3-4,22,24-26H2,1-2H3. The van der Waals surface area contributed by atoms with Crippen LogP contribution in [0.25, 0.3) is 22.6 Å². The Labute approximate surface area is 247 Å². The van der Waals surface area contributed by atoms with Gasteiger partial charge in [0, 0.05) is 37.3 Å². The van der Waals surface area contributed by atoms with Gasteiger partial charge in [-0.15, -0.1) is 0 Å². The van der Waals surface area contributed by atoms with Crippen molar-refractivity contribution in [3.05, 3.63) is 132 Å². The zero-order valence-electron chi connectivity index (χ0n) is 24.2. The first-order valence-electron chi connectivity index (χ1n) is 14.4. The molecule has 4 aromatic carbocycles. The first-order valence-corrected chi connectivity index (χ1v) is 14.4. The molecule has 1 heterocycles. The summed E-state index contributed by atoms with van der Waals surface area (Å²) in [5.74, 6) is 0.326. The molecular weight excluding hydrogens is 522 g/mol. The molecule has 5 rings (SSSR count). The number of phenolic OH excluding ortho intramolecular Hbond substituents is 1. The highest BCUT2D eigenvalue weighted by Crippen LogP contribution is 2.32. The van der Waals surface area contributed by atoms with Crippen molar-refractivity contribution in [1.82, 2.24) is 14.5 Å². The lowest BCUT2D eigenvalue weighted by Crippen LogP contribution is -2.25. The number of carbonyl (C=O) groups excluding carboxylic acids is 1. The second kappa shape index (κ2) is 13.8. The van der Waals surface area contributed by atoms with Crippen molar-refractivity contribution in [2.24, 2.45) is 0 Å². The summed E-state index contributed by atoms with van der Waals surface area (Å²) in [6.07, 6.45) is 2.11. The number of hydrogen-bond donors (Lipinski definition) is 1. The van der Waals surface area contributed by atoms with E-state index in [1.807, 2.05) is 24.3 Å². The Kier molecular flexibility index (Phi) is 9.47. The number of methoxy groups -OCH3 is 1. The Hall–Kier alpha value is -4.68. The molecule has 0 radical (unpaired) electrons. The second-order valence-corrected chi connectivity index (χ2v) is 10.4. The molecule has 0 saturated carbocycles. The summed E-state index contributed by atoms with van der Waals surface area (Å²) in [5, 5.41) is 10.3. The summed E-state index contributed by atoms with van der Waals surface area (Å²) in [4.78, 5) is 20.0. The lowest BCUT2D eigenvalue weighted by atomic mass is 10.1. The van der Waals surface area contributed by atoms with Gasteiger partial charge in [0.2, 0.25) is 0 Å². The van der Waals surface area contributed by atoms with Crippen molar-refractivity contribution in [2.75, 3.05) is 7.11 Å². The lowest BCUT2D eigenvalue weighted by molar-refractivity contribution is 0.0597. The molecule has 42 heavy (non-hydrogen) atoms. The van der Waals surface area contributed by atoms with Gasteiger partial charge >= 0.3 is 5.97 Å². The lowest BCUT2D eigenvalue weighted by Gasteiger charge is -2.25. The number of phenols is 1. The number of esters is 1. The van der Waals surface area contributed by atoms with Crippen LogP contribution < -0.4 is 0 Å². The van der Waals surface area contributed by atoms with Gasteiger partial charge in [0.25, 0.3) is 0 Å². The number of unbranched alkanes of at least 4 members (excludes halogenated alkanes) is 1. The smallest absolute Gasteiger partial charge is 0.341 e. The minimum absolute atomic E-state index is 0.0864. The number of imidazole rings is 1. The molecule has 0 fully saturated rings. The molecular formula is C36H37N3O3. The predicted octanol–water partition coefficient (Wildman–Crippen LogP) is 7.71. The predicted molar refractivity (Wildman–Crippen MR) is 167 cm³/mol. The highest BCUT2D eigenvalue weighted by atomic mass is 16.5. The maximum atomic E-state index is 12.3. The van der Waals surface area contributed by atoms with Gasteiger partial charge < -0.3 is 14.4 Å². The molecule has 0 aliphatic rings. The van der Waals surface area contributed by atoms with Crippen molar-refractivity contribution in [1.29, 1.82) is 0 Å². The van der Waals surface area contributed by atoms with Gasteiger partial charge in [-0.3, -0.25) is 4.90 Å². The maximum absolute atomic E-state index is 12.3. The molecule has 214 valence electrons. The van der Waals surface area contributed by atoms with Crippen LogP contribution >= 0.6 is 0 Å². The van der Waals surface area contributed by atoms with E-state index in [0.717, 1.165) is 53.3 Å². The second-order valence-electron chi connectivity index (χ2n) is 10.4. The summed E-state index contributed by atoms with van der Waals surface area (Å²) in [5.41, 5.74) is 6.56. The fraction of sp³-hybridized carbons (Fsp3) is 0.222. The average Bonchev–Trinajstić information content (AvgIpc) is 3.39. The number of benzene rings is 4. The van der Waals surface area contributed by atoms with Crippen LogP contribution in [0, 0.1) is 0 Å². The van der Waals surface area contributed by atoms with E-state index >= 15 is 0 Å². The average molecular weight is 560 g/mol. The van der Waals surface area contributed by atoms with Crippen molar-refractivity contribution >= 4 is 5.97 Å². The van der Waals surface area contributed by atoms with Crippen molar-refractivity contribution in [2.45, 2.75) is 45.9 Å². The van der Waals surface area contributed by atoms with Crippen LogP contribution in [0.2, 0.25) is 0 Å². The highest BCUT2D eigenvalue weighted by Gasteiger charge is 2.23. The number of carbonyl (C=O) groups is 1. The minimum atomic E-state index is -0.555. The van der Waals surface area contributed by atoms with E-state index in [-0.39, 0.29) is 11.3 Å². The molecule has 0 spiro atoms. The van der Waals surface area contributed by atoms with E-state index in [1.165, 1.54) is 12.7 Å². The maximum Gasteiger partial charge on any atom is 0.341 e. The molecule has 6 heteroatoms. The summed E-state index contributed by atoms with van der Waals surface area (Å²) >= 11 is 0. The van der Waals surface area contributed by atoms with Gasteiger partial charge in [-0.25, -0.2) is 9.78 Å². The van der Waals surface area contributed by atoms with Gasteiger partial charge in [-0.05, 0) is 29.7 Å².